The molecule has 1 aromatic heterocycles. The van der Waals surface area contributed by atoms with Crippen LogP contribution in [0.25, 0.3) is 0 Å². The van der Waals surface area contributed by atoms with Gasteiger partial charge in [0.2, 0.25) is 0 Å². The van der Waals surface area contributed by atoms with Crippen LogP contribution in [0.4, 0.5) is 0 Å². The average Bonchev–Trinajstić information content (AvgIpc) is 2.55. The summed E-state index contributed by atoms with van der Waals surface area (Å²) in [5.74, 6) is 0.655. The molecule has 0 aliphatic rings. The van der Waals surface area contributed by atoms with E-state index in [0.29, 0.717) is 11.3 Å². The van der Waals surface area contributed by atoms with E-state index < -0.39 is 0 Å². The topological polar surface area (TPSA) is 12.0 Å². The van der Waals surface area contributed by atoms with E-state index in [-0.39, 0.29) is 5.54 Å². The van der Waals surface area contributed by atoms with E-state index in [0.717, 1.165) is 13.0 Å². The highest BCUT2D eigenvalue weighted by molar-refractivity contribution is 9.11. The number of hydrogen-bond donors (Lipinski definition) is 1. The van der Waals surface area contributed by atoms with E-state index in [2.05, 4.69) is 74.9 Å². The van der Waals surface area contributed by atoms with Gasteiger partial charge in [0.25, 0.3) is 0 Å². The fourth-order valence-corrected chi connectivity index (χ4v) is 3.38. The molecule has 1 nitrogen and oxygen atoms in total. The predicted molar refractivity (Wildman–Crippen MR) is 86.4 cm³/mol. The van der Waals surface area contributed by atoms with Crippen LogP contribution in [0.3, 0.4) is 0 Å². The first-order valence-corrected chi connectivity index (χ1v) is 8.18. The zero-order chi connectivity index (χ0) is 14.0. The Morgan fingerprint density at radius 1 is 1.17 bits per heavy atom. The van der Waals surface area contributed by atoms with Gasteiger partial charge in [-0.05, 0) is 73.1 Å². The minimum atomic E-state index is 0.194. The molecule has 3 heteroatoms. The molecule has 0 bridgehead atoms. The molecule has 0 radical (unpaired) electrons. The minimum Gasteiger partial charge on any atom is -0.312 e. The summed E-state index contributed by atoms with van der Waals surface area (Å²) >= 11 is 5.40. The van der Waals surface area contributed by atoms with Gasteiger partial charge < -0.3 is 5.32 Å². The van der Waals surface area contributed by atoms with E-state index >= 15 is 0 Å². The average molecular weight is 332 g/mol. The lowest BCUT2D eigenvalue weighted by Crippen LogP contribution is -2.42. The van der Waals surface area contributed by atoms with Gasteiger partial charge in [-0.3, -0.25) is 0 Å². The first kappa shape index (κ1) is 16.2. The number of rotatable bonds is 4. The summed E-state index contributed by atoms with van der Waals surface area (Å²) in [6.45, 7) is 14.8. The van der Waals surface area contributed by atoms with Gasteiger partial charge in [0.15, 0.2) is 0 Å². The van der Waals surface area contributed by atoms with Gasteiger partial charge >= 0.3 is 0 Å². The Labute approximate surface area is 125 Å². The van der Waals surface area contributed by atoms with E-state index in [1.165, 1.54) is 8.66 Å². The molecule has 1 N–H and O–H groups in total. The summed E-state index contributed by atoms with van der Waals surface area (Å²) in [5, 5.41) is 3.65. The van der Waals surface area contributed by atoms with Crippen LogP contribution in [0.2, 0.25) is 0 Å². The molecule has 0 amide bonds. The van der Waals surface area contributed by atoms with E-state index in [1.54, 1.807) is 0 Å². The second kappa shape index (κ2) is 6.06. The molecule has 0 saturated heterocycles. The summed E-state index contributed by atoms with van der Waals surface area (Å²) in [6, 6.07) is 4.39. The molecule has 1 unspecified atom stereocenters. The Morgan fingerprint density at radius 3 is 2.17 bits per heavy atom. The van der Waals surface area contributed by atoms with Crippen LogP contribution in [-0.4, -0.2) is 12.1 Å². The third-order valence-electron chi connectivity index (χ3n) is 3.18. The number of thiophene rings is 1. The molecule has 18 heavy (non-hydrogen) atoms. The highest BCUT2D eigenvalue weighted by Crippen LogP contribution is 2.32. The van der Waals surface area contributed by atoms with E-state index in [4.69, 9.17) is 0 Å². The molecule has 0 saturated carbocycles. The highest BCUT2D eigenvalue weighted by Gasteiger charge is 2.26. The van der Waals surface area contributed by atoms with Crippen LogP contribution in [0.15, 0.2) is 15.9 Å². The quantitative estimate of drug-likeness (QED) is 0.808. The highest BCUT2D eigenvalue weighted by atomic mass is 79.9. The Kier molecular flexibility index (Phi) is 5.45. The molecule has 1 atom stereocenters. The fourth-order valence-electron chi connectivity index (χ4n) is 1.82. The van der Waals surface area contributed by atoms with Gasteiger partial charge in [-0.2, -0.15) is 0 Å². The van der Waals surface area contributed by atoms with Gasteiger partial charge in [0, 0.05) is 10.4 Å². The molecule has 0 aromatic carbocycles. The second-order valence-corrected chi connectivity index (χ2v) is 9.65. The van der Waals surface area contributed by atoms with Gasteiger partial charge in [-0.1, -0.05) is 20.8 Å². The van der Waals surface area contributed by atoms with Crippen LogP contribution in [-0.2, 0) is 6.42 Å². The molecule has 1 heterocycles. The van der Waals surface area contributed by atoms with E-state index in [9.17, 15) is 0 Å². The maximum Gasteiger partial charge on any atom is 0.0701 e. The van der Waals surface area contributed by atoms with Gasteiger partial charge in [-0.25, -0.2) is 0 Å². The van der Waals surface area contributed by atoms with Crippen molar-refractivity contribution < 1.29 is 0 Å². The zero-order valence-electron chi connectivity index (χ0n) is 12.4. The molecule has 1 aromatic rings. The Balaban J connectivity index is 2.68. The van der Waals surface area contributed by atoms with Crippen molar-refractivity contribution in [3.8, 4) is 0 Å². The Bertz CT molecular complexity index is 371. The summed E-state index contributed by atoms with van der Waals surface area (Å²) in [5.41, 5.74) is 0.522. The van der Waals surface area contributed by atoms with Crippen LogP contribution in [0, 0.1) is 11.3 Å². The molecule has 104 valence electrons. The van der Waals surface area contributed by atoms with Gasteiger partial charge in [0.1, 0.15) is 0 Å². The molecular formula is C15H26BrNS. The molecular weight excluding hydrogens is 306 g/mol. The summed E-state index contributed by atoms with van der Waals surface area (Å²) in [4.78, 5) is 1.47. The lowest BCUT2D eigenvalue weighted by molar-refractivity contribution is 0.215. The SMILES string of the molecule is CC(C)(C)NCC(Cc1ccc(Br)s1)C(C)(C)C. The van der Waals surface area contributed by atoms with Crippen LogP contribution < -0.4 is 5.32 Å². The molecule has 0 aliphatic heterocycles. The monoisotopic (exact) mass is 331 g/mol. The van der Waals surface area contributed by atoms with Gasteiger partial charge in [0.05, 0.1) is 3.79 Å². The lowest BCUT2D eigenvalue weighted by Gasteiger charge is -2.33. The van der Waals surface area contributed by atoms with Crippen molar-refractivity contribution in [2.45, 2.75) is 53.5 Å². The van der Waals surface area contributed by atoms with Crippen LogP contribution in [0.1, 0.15) is 46.4 Å². The fraction of sp³-hybridized carbons (Fsp3) is 0.733. The molecule has 0 fully saturated rings. The second-order valence-electron chi connectivity index (χ2n) is 7.10. The summed E-state index contributed by atoms with van der Waals surface area (Å²) in [6.07, 6.45) is 1.16. The number of hydrogen-bond acceptors (Lipinski definition) is 2. The predicted octanol–water partition coefficient (Wildman–Crippen LogP) is 5.10. The van der Waals surface area contributed by atoms with Crippen LogP contribution in [0.5, 0.6) is 0 Å². The smallest absolute Gasteiger partial charge is 0.0701 e. The van der Waals surface area contributed by atoms with Crippen molar-refractivity contribution in [1.82, 2.24) is 5.32 Å². The van der Waals surface area contributed by atoms with Crippen LogP contribution >= 0.6 is 27.3 Å². The minimum absolute atomic E-state index is 0.194. The Morgan fingerprint density at radius 2 is 1.78 bits per heavy atom. The lowest BCUT2D eigenvalue weighted by atomic mass is 9.78. The zero-order valence-corrected chi connectivity index (χ0v) is 14.8. The number of halogens is 1. The first-order chi connectivity index (χ1) is 8.08. The first-order valence-electron chi connectivity index (χ1n) is 6.57. The van der Waals surface area contributed by atoms with Gasteiger partial charge in [-0.15, -0.1) is 11.3 Å². The largest absolute Gasteiger partial charge is 0.312 e. The standard InChI is InChI=1S/C15H26BrNS/c1-14(2,3)11(10-17-15(4,5)6)9-12-7-8-13(16)18-12/h7-8,11,17H,9-10H2,1-6H3. The van der Waals surface area contributed by atoms with Crippen molar-refractivity contribution in [1.29, 1.82) is 0 Å². The summed E-state index contributed by atoms with van der Waals surface area (Å²) in [7, 11) is 0. The molecule has 1 rings (SSSR count). The third kappa shape index (κ3) is 5.85. The normalized spacial score (nSPS) is 14.8. The van der Waals surface area contributed by atoms with Crippen molar-refractivity contribution in [2.24, 2.45) is 11.3 Å². The van der Waals surface area contributed by atoms with Crippen molar-refractivity contribution in [3.63, 3.8) is 0 Å². The molecule has 0 spiro atoms. The molecule has 0 aliphatic carbocycles. The Hall–Kier alpha value is 0.140. The summed E-state index contributed by atoms with van der Waals surface area (Å²) < 4.78 is 1.23. The van der Waals surface area contributed by atoms with E-state index in [1.807, 2.05) is 11.3 Å². The third-order valence-corrected chi connectivity index (χ3v) is 4.83. The van der Waals surface area contributed by atoms with Crippen molar-refractivity contribution in [3.05, 3.63) is 20.8 Å². The number of nitrogens with one attached hydrogen (secondary N) is 1. The van der Waals surface area contributed by atoms with Crippen molar-refractivity contribution in [2.75, 3.05) is 6.54 Å². The maximum atomic E-state index is 3.65. The van der Waals surface area contributed by atoms with Crippen molar-refractivity contribution >= 4 is 27.3 Å². The maximum absolute atomic E-state index is 3.65.